The number of esters is 1. The van der Waals surface area contributed by atoms with Crippen molar-refractivity contribution in [3.63, 3.8) is 0 Å². The molecule has 2 aliphatic rings. The van der Waals surface area contributed by atoms with Crippen LogP contribution in [0.3, 0.4) is 0 Å². The molecule has 2 amide bonds. The monoisotopic (exact) mass is 441 g/mol. The van der Waals surface area contributed by atoms with E-state index in [0.717, 1.165) is 50.8 Å². The summed E-state index contributed by atoms with van der Waals surface area (Å²) >= 11 is 1.51. The van der Waals surface area contributed by atoms with Crippen molar-refractivity contribution in [2.45, 2.75) is 39.0 Å². The lowest BCUT2D eigenvalue weighted by atomic mass is 10.1. The van der Waals surface area contributed by atoms with E-state index in [2.05, 4.69) is 15.5 Å². The molecule has 1 aromatic heterocycles. The Hall–Kier alpha value is -2.71. The minimum atomic E-state index is -0.390. The minimum absolute atomic E-state index is 0.0744. The summed E-state index contributed by atoms with van der Waals surface area (Å²) in [6, 6.07) is 6.62. The molecule has 0 saturated carbocycles. The number of hydrogen-bond donors (Lipinski definition) is 2. The molecule has 1 aromatic carbocycles. The molecule has 2 aromatic rings. The molecule has 7 nitrogen and oxygen atoms in total. The third kappa shape index (κ3) is 4.97. The largest absolute Gasteiger partial charge is 0.462 e. The summed E-state index contributed by atoms with van der Waals surface area (Å²) in [5, 5.41) is 6.53. The van der Waals surface area contributed by atoms with Crippen molar-refractivity contribution >= 4 is 39.8 Å². The highest BCUT2D eigenvalue weighted by Gasteiger charge is 2.28. The van der Waals surface area contributed by atoms with Gasteiger partial charge in [-0.25, -0.2) is 4.79 Å². The highest BCUT2D eigenvalue weighted by molar-refractivity contribution is 7.17. The van der Waals surface area contributed by atoms with Crippen LogP contribution < -0.4 is 10.6 Å². The van der Waals surface area contributed by atoms with Crippen molar-refractivity contribution in [2.75, 3.05) is 36.9 Å². The van der Waals surface area contributed by atoms with Gasteiger partial charge in [-0.05, 0) is 81.9 Å². The van der Waals surface area contributed by atoms with E-state index in [9.17, 15) is 14.4 Å². The van der Waals surface area contributed by atoms with Crippen LogP contribution in [0.15, 0.2) is 24.3 Å². The number of ether oxygens (including phenoxy) is 1. The maximum Gasteiger partial charge on any atom is 0.338 e. The predicted molar refractivity (Wildman–Crippen MR) is 121 cm³/mol. The van der Waals surface area contributed by atoms with Crippen molar-refractivity contribution in [3.05, 3.63) is 45.8 Å². The van der Waals surface area contributed by atoms with Crippen molar-refractivity contribution in [3.8, 4) is 0 Å². The summed E-state index contributed by atoms with van der Waals surface area (Å²) in [6.45, 7) is 4.33. The zero-order chi connectivity index (χ0) is 21.8. The molecule has 2 heterocycles. The highest BCUT2D eigenvalue weighted by atomic mass is 32.1. The maximum absolute atomic E-state index is 13.1. The zero-order valence-corrected chi connectivity index (χ0v) is 18.5. The average Bonchev–Trinajstić information content (AvgIpc) is 3.46. The summed E-state index contributed by atoms with van der Waals surface area (Å²) in [6.07, 6.45) is 5.07. The lowest BCUT2D eigenvalue weighted by Gasteiger charge is -2.14. The molecule has 1 fully saturated rings. The molecule has 2 N–H and O–H groups in total. The van der Waals surface area contributed by atoms with Gasteiger partial charge in [-0.15, -0.1) is 11.3 Å². The number of hydrogen-bond acceptors (Lipinski definition) is 6. The second kappa shape index (κ2) is 9.62. The van der Waals surface area contributed by atoms with Crippen molar-refractivity contribution < 1.29 is 19.1 Å². The summed E-state index contributed by atoms with van der Waals surface area (Å²) < 4.78 is 4.99. The number of likely N-dealkylation sites (tertiary alicyclic amines) is 1. The number of anilines is 2. The highest BCUT2D eigenvalue weighted by Crippen LogP contribution is 2.39. The Morgan fingerprint density at radius 2 is 1.77 bits per heavy atom. The summed E-state index contributed by atoms with van der Waals surface area (Å²) in [4.78, 5) is 40.8. The van der Waals surface area contributed by atoms with Crippen LogP contribution in [0.2, 0.25) is 0 Å². The molecule has 0 spiro atoms. The fourth-order valence-corrected chi connectivity index (χ4v) is 5.44. The first kappa shape index (κ1) is 21.5. The summed E-state index contributed by atoms with van der Waals surface area (Å²) in [5.74, 6) is -0.701. The second-order valence-electron chi connectivity index (χ2n) is 7.84. The third-order valence-corrected chi connectivity index (χ3v) is 6.83. The molecular formula is C23H27N3O4S. The Morgan fingerprint density at radius 3 is 2.48 bits per heavy atom. The number of rotatable bonds is 7. The Morgan fingerprint density at radius 1 is 1.03 bits per heavy atom. The number of amides is 2. The summed E-state index contributed by atoms with van der Waals surface area (Å²) in [7, 11) is 0. The van der Waals surface area contributed by atoms with E-state index in [1.165, 1.54) is 16.2 Å². The standard InChI is InChI=1S/C23H27N3O4S/c1-2-30-23(29)15-8-10-16(11-9-15)24-21(28)20-17-6-5-7-18(17)31-22(20)25-19(27)14-26-12-3-4-13-26/h8-11H,2-7,12-14H2,1H3,(H,24,28)(H,25,27). The minimum Gasteiger partial charge on any atom is -0.462 e. The number of thiophene rings is 1. The molecule has 0 atom stereocenters. The van der Waals surface area contributed by atoms with Gasteiger partial charge in [0, 0.05) is 10.6 Å². The van der Waals surface area contributed by atoms with Crippen molar-refractivity contribution in [2.24, 2.45) is 0 Å². The SMILES string of the molecule is CCOC(=O)c1ccc(NC(=O)c2c(NC(=O)CN3CCCC3)sc3c2CCC3)cc1. The van der Waals surface area contributed by atoms with E-state index < -0.39 is 0 Å². The normalized spacial score (nSPS) is 15.5. The number of nitrogens with zero attached hydrogens (tertiary/aromatic N) is 1. The molecular weight excluding hydrogens is 414 g/mol. The molecule has 1 aliphatic carbocycles. The third-order valence-electron chi connectivity index (χ3n) is 5.62. The first-order valence-corrected chi connectivity index (χ1v) is 11.6. The Labute approximate surface area is 185 Å². The van der Waals surface area contributed by atoms with Gasteiger partial charge in [0.1, 0.15) is 5.00 Å². The van der Waals surface area contributed by atoms with Crippen molar-refractivity contribution in [1.82, 2.24) is 4.90 Å². The molecule has 0 radical (unpaired) electrons. The molecule has 31 heavy (non-hydrogen) atoms. The maximum atomic E-state index is 13.1. The number of nitrogens with one attached hydrogen (secondary N) is 2. The number of carbonyl (C=O) groups is 3. The molecule has 1 aliphatic heterocycles. The van der Waals surface area contributed by atoms with Gasteiger partial charge >= 0.3 is 5.97 Å². The van der Waals surface area contributed by atoms with Crippen LogP contribution in [0, 0.1) is 0 Å². The first-order chi connectivity index (χ1) is 15.0. The van der Waals surface area contributed by atoms with Crippen LogP contribution in [0.25, 0.3) is 0 Å². The quantitative estimate of drug-likeness (QED) is 0.640. The van der Waals surface area contributed by atoms with Gasteiger partial charge in [0.15, 0.2) is 0 Å². The van der Waals surface area contributed by atoms with Crippen LogP contribution in [-0.2, 0) is 22.4 Å². The summed E-state index contributed by atoms with van der Waals surface area (Å²) in [5.41, 5.74) is 2.64. The average molecular weight is 442 g/mol. The Bertz CT molecular complexity index is 977. The Kier molecular flexibility index (Phi) is 6.67. The van der Waals surface area contributed by atoms with E-state index in [1.54, 1.807) is 31.2 Å². The van der Waals surface area contributed by atoms with Crippen LogP contribution in [0.1, 0.15) is 57.3 Å². The lowest BCUT2D eigenvalue weighted by molar-refractivity contribution is -0.117. The molecule has 0 bridgehead atoms. The van der Waals surface area contributed by atoms with Crippen LogP contribution in [-0.4, -0.2) is 48.9 Å². The number of aryl methyl sites for hydroxylation is 1. The van der Waals surface area contributed by atoms with E-state index in [4.69, 9.17) is 4.74 Å². The lowest BCUT2D eigenvalue weighted by Crippen LogP contribution is -2.31. The van der Waals surface area contributed by atoms with Gasteiger partial charge in [-0.3, -0.25) is 14.5 Å². The van der Waals surface area contributed by atoms with Gasteiger partial charge in [-0.2, -0.15) is 0 Å². The van der Waals surface area contributed by atoms with Crippen LogP contribution in [0.4, 0.5) is 10.7 Å². The molecule has 4 rings (SSSR count). The fourth-order valence-electron chi connectivity index (χ4n) is 4.14. The van der Waals surface area contributed by atoms with Gasteiger partial charge in [0.2, 0.25) is 5.91 Å². The topological polar surface area (TPSA) is 87.7 Å². The number of carbonyl (C=O) groups excluding carboxylic acids is 3. The van der Waals surface area contributed by atoms with Crippen LogP contribution >= 0.6 is 11.3 Å². The van der Waals surface area contributed by atoms with E-state index >= 15 is 0 Å². The van der Waals surface area contributed by atoms with E-state index in [0.29, 0.717) is 35.0 Å². The van der Waals surface area contributed by atoms with Crippen molar-refractivity contribution in [1.29, 1.82) is 0 Å². The Balaban J connectivity index is 1.48. The van der Waals surface area contributed by atoms with E-state index in [1.807, 2.05) is 0 Å². The number of benzene rings is 1. The molecule has 1 saturated heterocycles. The predicted octanol–water partition coefficient (Wildman–Crippen LogP) is 3.70. The number of fused-ring (bicyclic) bond motifs is 1. The van der Waals surface area contributed by atoms with Gasteiger partial charge in [-0.1, -0.05) is 0 Å². The molecule has 0 unspecified atom stereocenters. The fraction of sp³-hybridized carbons (Fsp3) is 0.435. The second-order valence-corrected chi connectivity index (χ2v) is 8.95. The van der Waals surface area contributed by atoms with Crippen LogP contribution in [0.5, 0.6) is 0 Å². The zero-order valence-electron chi connectivity index (χ0n) is 17.7. The molecule has 8 heteroatoms. The van der Waals surface area contributed by atoms with E-state index in [-0.39, 0.29) is 17.8 Å². The first-order valence-electron chi connectivity index (χ1n) is 10.8. The molecule has 164 valence electrons. The van der Waals surface area contributed by atoms with Gasteiger partial charge in [0.25, 0.3) is 5.91 Å². The van der Waals surface area contributed by atoms with Gasteiger partial charge in [0.05, 0.1) is 24.3 Å². The van der Waals surface area contributed by atoms with Gasteiger partial charge < -0.3 is 15.4 Å². The smallest absolute Gasteiger partial charge is 0.338 e.